The van der Waals surface area contributed by atoms with Gasteiger partial charge in [-0.05, 0) is 0 Å². The molecule has 1 rings (SSSR count). The first-order chi connectivity index (χ1) is 5.57. The Kier molecular flexibility index (Phi) is 2.07. The van der Waals surface area contributed by atoms with E-state index in [1.807, 2.05) is 0 Å². The molecule has 0 aromatic heterocycles. The van der Waals surface area contributed by atoms with E-state index in [4.69, 9.17) is 0 Å². The second kappa shape index (κ2) is 2.53. The lowest BCUT2D eigenvalue weighted by atomic mass is 9.99. The molecule has 1 aliphatic heterocycles. The summed E-state index contributed by atoms with van der Waals surface area (Å²) in [6.07, 6.45) is 0. The van der Waals surface area contributed by atoms with E-state index >= 15 is 0 Å². The lowest BCUT2D eigenvalue weighted by Gasteiger charge is -2.30. The van der Waals surface area contributed by atoms with Gasteiger partial charge in [-0.1, -0.05) is 0 Å². The van der Waals surface area contributed by atoms with E-state index < -0.39 is 20.9 Å². The molecular formula is C8H16NO3S+. The smallest absolute Gasteiger partial charge is 0.219 e. The van der Waals surface area contributed by atoms with Gasteiger partial charge in [0.15, 0.2) is 9.84 Å². The lowest BCUT2D eigenvalue weighted by molar-refractivity contribution is -0.675. The van der Waals surface area contributed by atoms with Crippen LogP contribution in [0, 0.1) is 4.91 Å². The van der Waals surface area contributed by atoms with E-state index in [2.05, 4.69) is 0 Å². The Labute approximate surface area is 78.8 Å². The molecule has 76 valence electrons. The molecule has 1 fully saturated rings. The van der Waals surface area contributed by atoms with Crippen LogP contribution in [0.3, 0.4) is 0 Å². The van der Waals surface area contributed by atoms with Crippen molar-refractivity contribution >= 4 is 9.84 Å². The molecular weight excluding hydrogens is 190 g/mol. The molecule has 0 amide bonds. The molecule has 0 aliphatic carbocycles. The molecule has 0 N–H and O–H groups in total. The van der Waals surface area contributed by atoms with E-state index in [-0.39, 0.29) is 11.5 Å². The average molecular weight is 206 g/mol. The number of hydrogen-bond donors (Lipinski definition) is 0. The molecule has 1 heterocycles. The Morgan fingerprint density at radius 1 is 1.00 bits per heavy atom. The van der Waals surface area contributed by atoms with Crippen LogP contribution < -0.4 is 0 Å². The summed E-state index contributed by atoms with van der Waals surface area (Å²) >= 11 is 0. The van der Waals surface area contributed by atoms with Gasteiger partial charge in [0, 0.05) is 37.4 Å². The van der Waals surface area contributed by atoms with Gasteiger partial charge in [-0.2, -0.15) is 0 Å². The van der Waals surface area contributed by atoms with Gasteiger partial charge in [-0.25, -0.2) is 8.42 Å². The Morgan fingerprint density at radius 3 is 1.62 bits per heavy atom. The monoisotopic (exact) mass is 206 g/mol. The fourth-order valence-corrected chi connectivity index (χ4v) is 4.55. The topological polar surface area (TPSA) is 54.2 Å². The molecule has 0 unspecified atom stereocenters. The highest BCUT2D eigenvalue weighted by molar-refractivity contribution is 7.91. The highest BCUT2D eigenvalue weighted by Gasteiger charge is 2.56. The highest BCUT2D eigenvalue weighted by Crippen LogP contribution is 2.28. The third-order valence-electron chi connectivity index (χ3n) is 2.25. The summed E-state index contributed by atoms with van der Waals surface area (Å²) in [4.78, 5) is 11.7. The molecule has 0 spiro atoms. The van der Waals surface area contributed by atoms with Gasteiger partial charge in [0.25, 0.3) is 0 Å². The molecule has 1 aliphatic rings. The van der Waals surface area contributed by atoms with Crippen molar-refractivity contribution in [2.75, 3.05) is 11.5 Å². The Bertz CT molecular complexity index is 314. The van der Waals surface area contributed by atoms with Crippen molar-refractivity contribution in [2.24, 2.45) is 0 Å². The van der Waals surface area contributed by atoms with Gasteiger partial charge < -0.3 is 0 Å². The van der Waals surface area contributed by atoms with Crippen LogP contribution in [0.25, 0.3) is 0 Å². The van der Waals surface area contributed by atoms with E-state index in [9.17, 15) is 13.3 Å². The van der Waals surface area contributed by atoms with Crippen LogP contribution in [-0.2, 0) is 9.84 Å². The molecule has 1 saturated heterocycles. The standard InChI is InChI=1S/C8H16NO3S/c1-7(2)5-13(11,12)6-8(3,4)9(7)10/h5-6H2,1-4H3/q+1. The maximum Gasteiger partial charge on any atom is 0.219 e. The lowest BCUT2D eigenvalue weighted by Crippen LogP contribution is -2.59. The normalized spacial score (nSPS) is 30.0. The Hall–Kier alpha value is -0.450. The van der Waals surface area contributed by atoms with Crippen molar-refractivity contribution < 1.29 is 13.2 Å². The van der Waals surface area contributed by atoms with Crippen LogP contribution in [0.15, 0.2) is 0 Å². The SMILES string of the molecule is CC1(C)CS(=O)(=O)CC(C)(C)[N+]1=O. The maximum atomic E-state index is 11.7. The second-order valence-electron chi connectivity index (χ2n) is 4.95. The highest BCUT2D eigenvalue weighted by atomic mass is 32.2. The van der Waals surface area contributed by atoms with Crippen molar-refractivity contribution in [1.29, 1.82) is 0 Å². The van der Waals surface area contributed by atoms with Gasteiger partial charge in [-0.15, -0.1) is 0 Å². The quantitative estimate of drug-likeness (QED) is 0.550. The van der Waals surface area contributed by atoms with Gasteiger partial charge in [-0.3, -0.25) is 0 Å². The maximum absolute atomic E-state index is 11.7. The third-order valence-corrected chi connectivity index (χ3v) is 4.54. The molecule has 0 aromatic rings. The minimum Gasteiger partial charge on any atom is -0.228 e. The number of hydrogen-bond acceptors (Lipinski definition) is 3. The van der Waals surface area contributed by atoms with E-state index in [0.29, 0.717) is 0 Å². The van der Waals surface area contributed by atoms with E-state index in [1.54, 1.807) is 27.7 Å². The molecule has 0 atom stereocenters. The van der Waals surface area contributed by atoms with Crippen molar-refractivity contribution in [3.63, 3.8) is 0 Å². The molecule has 5 heteroatoms. The molecule has 0 radical (unpaired) electrons. The summed E-state index contributed by atoms with van der Waals surface area (Å²) in [7, 11) is -3.07. The molecule has 0 saturated carbocycles. The van der Waals surface area contributed by atoms with Crippen molar-refractivity contribution in [3.05, 3.63) is 4.91 Å². The summed E-state index contributed by atoms with van der Waals surface area (Å²) in [6, 6.07) is 0. The molecule has 4 nitrogen and oxygen atoms in total. The summed E-state index contributed by atoms with van der Waals surface area (Å²) in [5.41, 5.74) is -1.61. The molecule has 0 bridgehead atoms. The molecule has 0 aromatic carbocycles. The average Bonchev–Trinajstić information content (AvgIpc) is 1.77. The van der Waals surface area contributed by atoms with Crippen LogP contribution in [0.1, 0.15) is 27.7 Å². The van der Waals surface area contributed by atoms with Crippen molar-refractivity contribution in [2.45, 2.75) is 38.8 Å². The number of sulfone groups is 1. The first-order valence-corrected chi connectivity index (χ1v) is 6.07. The Balaban J connectivity index is 3.18. The van der Waals surface area contributed by atoms with Crippen LogP contribution >= 0.6 is 0 Å². The first kappa shape index (κ1) is 10.6. The largest absolute Gasteiger partial charge is 0.228 e. The summed E-state index contributed by atoms with van der Waals surface area (Å²) in [6.45, 7) is 6.66. The van der Waals surface area contributed by atoms with Crippen LogP contribution in [0.4, 0.5) is 0 Å². The zero-order valence-electron chi connectivity index (χ0n) is 8.49. The summed E-state index contributed by atoms with van der Waals surface area (Å²) in [5, 5.41) is 0. The van der Waals surface area contributed by atoms with Crippen molar-refractivity contribution in [1.82, 2.24) is 0 Å². The zero-order chi connectivity index (χ0) is 10.5. The molecule has 13 heavy (non-hydrogen) atoms. The minimum atomic E-state index is -3.07. The first-order valence-electron chi connectivity index (χ1n) is 4.25. The number of rotatable bonds is 0. The Morgan fingerprint density at radius 2 is 1.31 bits per heavy atom. The number of nitrogens with zero attached hydrogens (tertiary/aromatic N) is 1. The van der Waals surface area contributed by atoms with Crippen LogP contribution in [0.5, 0.6) is 0 Å². The fourth-order valence-electron chi connectivity index (χ4n) is 2.06. The minimum absolute atomic E-state index is 0.0487. The van der Waals surface area contributed by atoms with Crippen molar-refractivity contribution in [3.8, 4) is 0 Å². The summed E-state index contributed by atoms with van der Waals surface area (Å²) in [5.74, 6) is -0.0974. The summed E-state index contributed by atoms with van der Waals surface area (Å²) < 4.78 is 23.8. The number of nitroso groups, excluding NO2 is 1. The van der Waals surface area contributed by atoms with Crippen LogP contribution in [0.2, 0.25) is 0 Å². The van der Waals surface area contributed by atoms with Gasteiger partial charge in [0.1, 0.15) is 11.5 Å². The third kappa shape index (κ3) is 1.90. The predicted molar refractivity (Wildman–Crippen MR) is 50.4 cm³/mol. The predicted octanol–water partition coefficient (Wildman–Crippen LogP) is 0.751. The van der Waals surface area contributed by atoms with Gasteiger partial charge >= 0.3 is 0 Å². The second-order valence-corrected chi connectivity index (χ2v) is 7.02. The fraction of sp³-hybridized carbons (Fsp3) is 1.00. The van der Waals surface area contributed by atoms with Crippen LogP contribution in [-0.4, -0.2) is 35.8 Å². The van der Waals surface area contributed by atoms with Gasteiger partial charge in [0.05, 0.1) is 0 Å². The van der Waals surface area contributed by atoms with E-state index in [1.165, 1.54) is 0 Å². The zero-order valence-corrected chi connectivity index (χ0v) is 9.31. The van der Waals surface area contributed by atoms with Gasteiger partial charge in [0.2, 0.25) is 11.1 Å². The van der Waals surface area contributed by atoms with E-state index in [0.717, 1.165) is 4.76 Å².